The highest BCUT2D eigenvalue weighted by molar-refractivity contribution is 6.02. The molecule has 1 nitrogen and oxygen atoms in total. The smallest absolute Gasteiger partial charge is 0.0543 e. The predicted molar refractivity (Wildman–Crippen MR) is 262 cm³/mol. The van der Waals surface area contributed by atoms with Crippen molar-refractivity contribution in [2.45, 2.75) is 57.8 Å². The van der Waals surface area contributed by atoms with Crippen molar-refractivity contribution in [1.29, 1.82) is 0 Å². The SMILES string of the molecule is CC1(C)c2ccccc2-c2c(-c3ccc(N(c4ccc(-c5ccccc5)cc4)c4cccc5c4-c4cc6c(cc4C5(C)C)-c4ccc5ccccc5c4C6(C)C)cc3)cccc21. The zero-order valence-corrected chi connectivity index (χ0v) is 36.3. The van der Waals surface area contributed by atoms with Crippen LogP contribution in [0.2, 0.25) is 0 Å². The molecule has 0 saturated carbocycles. The van der Waals surface area contributed by atoms with E-state index in [0.29, 0.717) is 0 Å². The van der Waals surface area contributed by atoms with E-state index < -0.39 is 0 Å². The highest BCUT2D eigenvalue weighted by atomic mass is 15.1. The molecular weight excluding hydrogens is 747 g/mol. The highest BCUT2D eigenvalue weighted by Crippen LogP contribution is 2.60. The first-order valence-electron chi connectivity index (χ1n) is 22.2. The number of fused-ring (bicyclic) bond motifs is 11. The van der Waals surface area contributed by atoms with Gasteiger partial charge in [0.2, 0.25) is 0 Å². The van der Waals surface area contributed by atoms with Crippen molar-refractivity contribution in [2.75, 3.05) is 4.90 Å². The Hall–Kier alpha value is -6.96. The average molecular weight is 796 g/mol. The summed E-state index contributed by atoms with van der Waals surface area (Å²) in [5.41, 5.74) is 24.5. The van der Waals surface area contributed by atoms with Crippen LogP contribution in [-0.2, 0) is 16.2 Å². The Labute approximate surface area is 366 Å². The van der Waals surface area contributed by atoms with Crippen LogP contribution in [0.1, 0.15) is 74.9 Å². The number of hydrogen-bond donors (Lipinski definition) is 0. The molecule has 1 heteroatoms. The fourth-order valence-electron chi connectivity index (χ4n) is 11.7. The zero-order chi connectivity index (χ0) is 42.1. The molecule has 0 radical (unpaired) electrons. The number of hydrogen-bond acceptors (Lipinski definition) is 1. The second kappa shape index (κ2) is 13.0. The summed E-state index contributed by atoms with van der Waals surface area (Å²) >= 11 is 0. The van der Waals surface area contributed by atoms with Gasteiger partial charge in [0.1, 0.15) is 0 Å². The lowest BCUT2D eigenvalue weighted by molar-refractivity contribution is 0.654. The van der Waals surface area contributed by atoms with Crippen LogP contribution in [0.25, 0.3) is 66.4 Å². The van der Waals surface area contributed by atoms with E-state index in [4.69, 9.17) is 0 Å². The summed E-state index contributed by atoms with van der Waals surface area (Å²) < 4.78 is 0. The van der Waals surface area contributed by atoms with Gasteiger partial charge in [-0.2, -0.15) is 0 Å². The van der Waals surface area contributed by atoms with Crippen molar-refractivity contribution in [3.05, 3.63) is 221 Å². The molecule has 62 heavy (non-hydrogen) atoms. The molecule has 3 aliphatic carbocycles. The summed E-state index contributed by atoms with van der Waals surface area (Å²) in [7, 11) is 0. The second-order valence-electron chi connectivity index (χ2n) is 19.3. The Morgan fingerprint density at radius 2 is 0.871 bits per heavy atom. The molecule has 0 heterocycles. The molecule has 0 N–H and O–H groups in total. The maximum absolute atomic E-state index is 2.56. The van der Waals surface area contributed by atoms with Crippen LogP contribution in [0.15, 0.2) is 188 Å². The van der Waals surface area contributed by atoms with Crippen LogP contribution in [0.4, 0.5) is 17.1 Å². The van der Waals surface area contributed by atoms with Crippen LogP contribution in [-0.4, -0.2) is 0 Å². The molecule has 0 bridgehead atoms. The summed E-state index contributed by atoms with van der Waals surface area (Å²) in [4.78, 5) is 2.50. The predicted octanol–water partition coefficient (Wildman–Crippen LogP) is 16.6. The Balaban J connectivity index is 1.04. The third-order valence-corrected chi connectivity index (χ3v) is 14.9. The van der Waals surface area contributed by atoms with E-state index in [1.165, 1.54) is 105 Å². The Kier molecular flexibility index (Phi) is 7.74. The lowest BCUT2D eigenvalue weighted by atomic mass is 9.78. The van der Waals surface area contributed by atoms with Crippen LogP contribution in [0.3, 0.4) is 0 Å². The molecule has 0 amide bonds. The van der Waals surface area contributed by atoms with Gasteiger partial charge in [0.15, 0.2) is 0 Å². The first-order valence-corrected chi connectivity index (χ1v) is 22.2. The van der Waals surface area contributed by atoms with Gasteiger partial charge < -0.3 is 4.90 Å². The average Bonchev–Trinajstić information content (AvgIpc) is 3.79. The molecule has 9 aromatic carbocycles. The van der Waals surface area contributed by atoms with Crippen molar-refractivity contribution >= 4 is 27.8 Å². The topological polar surface area (TPSA) is 3.24 Å². The minimum atomic E-state index is -0.191. The van der Waals surface area contributed by atoms with Crippen molar-refractivity contribution in [2.24, 2.45) is 0 Å². The van der Waals surface area contributed by atoms with E-state index in [0.717, 1.165) is 11.4 Å². The number of benzene rings is 9. The molecule has 298 valence electrons. The zero-order valence-electron chi connectivity index (χ0n) is 36.3. The third kappa shape index (κ3) is 5.09. The third-order valence-electron chi connectivity index (χ3n) is 14.9. The van der Waals surface area contributed by atoms with Gasteiger partial charge in [-0.1, -0.05) is 187 Å². The molecule has 0 saturated heterocycles. The van der Waals surface area contributed by atoms with Crippen molar-refractivity contribution < 1.29 is 0 Å². The summed E-state index contributed by atoms with van der Waals surface area (Å²) in [6.45, 7) is 14.4. The number of anilines is 3. The normalized spacial score (nSPS) is 15.3. The minimum absolute atomic E-state index is 0.0474. The minimum Gasteiger partial charge on any atom is -0.310 e. The lowest BCUT2D eigenvalue weighted by Crippen LogP contribution is -2.17. The van der Waals surface area contributed by atoms with E-state index >= 15 is 0 Å². The lowest BCUT2D eigenvalue weighted by Gasteiger charge is -2.29. The molecule has 0 aromatic heterocycles. The first kappa shape index (κ1) is 36.9. The largest absolute Gasteiger partial charge is 0.310 e. The number of rotatable bonds is 5. The number of nitrogens with zero attached hydrogens (tertiary/aromatic N) is 1. The molecule has 3 aliphatic rings. The van der Waals surface area contributed by atoms with Gasteiger partial charge in [0.25, 0.3) is 0 Å². The molecule has 0 atom stereocenters. The molecular formula is C61H49N. The van der Waals surface area contributed by atoms with Gasteiger partial charge in [-0.25, -0.2) is 0 Å². The summed E-state index contributed by atoms with van der Waals surface area (Å²) in [5, 5.41) is 2.66. The van der Waals surface area contributed by atoms with E-state index in [2.05, 4.69) is 234 Å². The molecule has 0 unspecified atom stereocenters. The molecule has 0 spiro atoms. The second-order valence-corrected chi connectivity index (χ2v) is 19.3. The summed E-state index contributed by atoms with van der Waals surface area (Å²) in [6.07, 6.45) is 0. The van der Waals surface area contributed by atoms with Crippen LogP contribution >= 0.6 is 0 Å². The van der Waals surface area contributed by atoms with E-state index in [1.54, 1.807) is 0 Å². The van der Waals surface area contributed by atoms with Crippen molar-refractivity contribution in [3.8, 4) is 55.6 Å². The summed E-state index contributed by atoms with van der Waals surface area (Å²) in [6, 6.07) is 70.7. The van der Waals surface area contributed by atoms with Crippen molar-refractivity contribution in [3.63, 3.8) is 0 Å². The van der Waals surface area contributed by atoms with Gasteiger partial charge in [-0.3, -0.25) is 0 Å². The fourth-order valence-corrected chi connectivity index (χ4v) is 11.7. The summed E-state index contributed by atoms with van der Waals surface area (Å²) in [5.74, 6) is 0. The standard InChI is InChI=1S/C61H49N/c1-59(2)50-22-13-12-20-47(50)56-44(21-14-23-51(56)59)41-28-33-43(34-29-41)62(42-31-26-39(27-32-42)38-16-8-7-9-17-38)55-25-15-24-52-57(55)49-37-53-48(36-54(49)60(52,3)4)46-35-30-40-18-10-11-19-45(40)58(46)61(53,5)6/h7-37H,1-6H3. The fraction of sp³-hybridized carbons (Fsp3) is 0.148. The van der Waals surface area contributed by atoms with Gasteiger partial charge in [0.05, 0.1) is 5.69 Å². The van der Waals surface area contributed by atoms with Crippen LogP contribution in [0, 0.1) is 0 Å². The Morgan fingerprint density at radius 1 is 0.323 bits per heavy atom. The highest BCUT2D eigenvalue weighted by Gasteiger charge is 2.44. The maximum atomic E-state index is 2.56. The van der Waals surface area contributed by atoms with E-state index in [9.17, 15) is 0 Å². The first-order chi connectivity index (χ1) is 30.0. The Bertz CT molecular complexity index is 3290. The van der Waals surface area contributed by atoms with E-state index in [1.807, 2.05) is 0 Å². The molecule has 0 aliphatic heterocycles. The molecule has 9 aromatic rings. The van der Waals surface area contributed by atoms with Crippen LogP contribution < -0.4 is 4.90 Å². The van der Waals surface area contributed by atoms with Gasteiger partial charge >= 0.3 is 0 Å². The van der Waals surface area contributed by atoms with Crippen molar-refractivity contribution in [1.82, 2.24) is 0 Å². The van der Waals surface area contributed by atoms with E-state index in [-0.39, 0.29) is 16.2 Å². The molecule has 12 rings (SSSR count). The van der Waals surface area contributed by atoms with Gasteiger partial charge in [-0.05, 0) is 137 Å². The monoisotopic (exact) mass is 795 g/mol. The molecule has 0 fully saturated rings. The van der Waals surface area contributed by atoms with Gasteiger partial charge in [0, 0.05) is 33.2 Å². The van der Waals surface area contributed by atoms with Gasteiger partial charge in [-0.15, -0.1) is 0 Å². The maximum Gasteiger partial charge on any atom is 0.0543 e. The van der Waals surface area contributed by atoms with Crippen LogP contribution in [0.5, 0.6) is 0 Å². The quantitative estimate of drug-likeness (QED) is 0.168. The Morgan fingerprint density at radius 3 is 1.63 bits per heavy atom.